The SMILES string of the molecule is Cc1cccc(NC(=O)CSc2ccc(F)c(F)c2)c1C(=O)N1CCCC1. The number of carbonyl (C=O) groups is 2. The summed E-state index contributed by atoms with van der Waals surface area (Å²) in [6, 6.07) is 8.84. The summed E-state index contributed by atoms with van der Waals surface area (Å²) in [6.45, 7) is 3.30. The van der Waals surface area contributed by atoms with E-state index < -0.39 is 11.6 Å². The lowest BCUT2D eigenvalue weighted by Crippen LogP contribution is -2.29. The first-order chi connectivity index (χ1) is 13.0. The summed E-state index contributed by atoms with van der Waals surface area (Å²) in [5.74, 6) is -2.23. The van der Waals surface area contributed by atoms with Crippen molar-refractivity contribution < 1.29 is 18.4 Å². The Morgan fingerprint density at radius 3 is 2.56 bits per heavy atom. The van der Waals surface area contributed by atoms with Crippen molar-refractivity contribution in [3.63, 3.8) is 0 Å². The molecule has 0 unspecified atom stereocenters. The Hall–Kier alpha value is -2.41. The highest BCUT2D eigenvalue weighted by Gasteiger charge is 2.24. The van der Waals surface area contributed by atoms with Crippen molar-refractivity contribution in [1.82, 2.24) is 4.90 Å². The zero-order valence-corrected chi connectivity index (χ0v) is 15.7. The van der Waals surface area contributed by atoms with Crippen molar-refractivity contribution in [1.29, 1.82) is 0 Å². The monoisotopic (exact) mass is 390 g/mol. The van der Waals surface area contributed by atoms with Gasteiger partial charge in [0, 0.05) is 18.0 Å². The maximum atomic E-state index is 13.3. The molecular formula is C20H20F2N2O2S. The molecular weight excluding hydrogens is 370 g/mol. The predicted molar refractivity (Wildman–Crippen MR) is 102 cm³/mol. The van der Waals surface area contributed by atoms with E-state index in [0.717, 1.165) is 55.4 Å². The van der Waals surface area contributed by atoms with Gasteiger partial charge >= 0.3 is 0 Å². The number of amides is 2. The van der Waals surface area contributed by atoms with Gasteiger partial charge in [0.05, 0.1) is 17.0 Å². The Bertz CT molecular complexity index is 867. The quantitative estimate of drug-likeness (QED) is 0.777. The van der Waals surface area contributed by atoms with Gasteiger partial charge in [-0.25, -0.2) is 8.78 Å². The van der Waals surface area contributed by atoms with Crippen LogP contribution in [0, 0.1) is 18.6 Å². The third kappa shape index (κ3) is 4.66. The van der Waals surface area contributed by atoms with E-state index in [9.17, 15) is 18.4 Å². The molecule has 0 aromatic heterocycles. The first-order valence-electron chi connectivity index (χ1n) is 8.72. The molecule has 2 aromatic rings. The Balaban J connectivity index is 1.69. The minimum Gasteiger partial charge on any atom is -0.339 e. The largest absolute Gasteiger partial charge is 0.339 e. The van der Waals surface area contributed by atoms with Gasteiger partial charge < -0.3 is 10.2 Å². The normalized spacial score (nSPS) is 13.7. The number of halogens is 2. The molecule has 0 spiro atoms. The fourth-order valence-corrected chi connectivity index (χ4v) is 3.76. The van der Waals surface area contributed by atoms with Crippen LogP contribution in [0.5, 0.6) is 0 Å². The van der Waals surface area contributed by atoms with E-state index in [1.54, 1.807) is 17.0 Å². The van der Waals surface area contributed by atoms with Crippen LogP contribution in [0.4, 0.5) is 14.5 Å². The van der Waals surface area contributed by atoms with E-state index in [-0.39, 0.29) is 17.6 Å². The molecule has 0 saturated carbocycles. The van der Waals surface area contributed by atoms with Crippen LogP contribution in [0.15, 0.2) is 41.3 Å². The van der Waals surface area contributed by atoms with E-state index in [1.807, 2.05) is 13.0 Å². The van der Waals surface area contributed by atoms with Crippen LogP contribution >= 0.6 is 11.8 Å². The van der Waals surface area contributed by atoms with Crippen LogP contribution in [0.3, 0.4) is 0 Å². The maximum Gasteiger partial charge on any atom is 0.256 e. The van der Waals surface area contributed by atoms with Crippen molar-refractivity contribution in [2.45, 2.75) is 24.7 Å². The second kappa shape index (κ2) is 8.52. The third-order valence-corrected chi connectivity index (χ3v) is 5.41. The first kappa shape index (κ1) is 19.4. The fourth-order valence-electron chi connectivity index (χ4n) is 3.04. The van der Waals surface area contributed by atoms with Gasteiger partial charge in [0.1, 0.15) is 0 Å². The molecule has 0 aliphatic carbocycles. The molecule has 1 heterocycles. The zero-order valence-electron chi connectivity index (χ0n) is 14.9. The summed E-state index contributed by atoms with van der Waals surface area (Å²) in [4.78, 5) is 27.4. The minimum absolute atomic E-state index is 0.0242. The van der Waals surface area contributed by atoms with Gasteiger partial charge in [-0.05, 0) is 49.6 Å². The van der Waals surface area contributed by atoms with E-state index in [4.69, 9.17) is 0 Å². The second-order valence-corrected chi connectivity index (χ2v) is 7.46. The minimum atomic E-state index is -0.947. The Morgan fingerprint density at radius 2 is 1.85 bits per heavy atom. The van der Waals surface area contributed by atoms with Gasteiger partial charge in [-0.3, -0.25) is 9.59 Å². The van der Waals surface area contributed by atoms with Gasteiger partial charge in [-0.1, -0.05) is 12.1 Å². The zero-order chi connectivity index (χ0) is 19.4. The molecule has 7 heteroatoms. The van der Waals surface area contributed by atoms with Crippen molar-refractivity contribution in [3.05, 3.63) is 59.2 Å². The lowest BCUT2D eigenvalue weighted by molar-refractivity contribution is -0.113. The average Bonchev–Trinajstić information content (AvgIpc) is 3.17. The highest BCUT2D eigenvalue weighted by Crippen LogP contribution is 2.25. The number of aryl methyl sites for hydroxylation is 1. The number of benzene rings is 2. The molecule has 0 bridgehead atoms. The fraction of sp³-hybridized carbons (Fsp3) is 0.300. The maximum absolute atomic E-state index is 13.3. The Morgan fingerprint density at radius 1 is 1.11 bits per heavy atom. The predicted octanol–water partition coefficient (Wildman–Crippen LogP) is 4.24. The number of carbonyl (C=O) groups excluding carboxylic acids is 2. The number of thioether (sulfide) groups is 1. The van der Waals surface area contributed by atoms with Crippen LogP contribution in [-0.2, 0) is 4.79 Å². The van der Waals surface area contributed by atoms with Gasteiger partial charge in [0.25, 0.3) is 5.91 Å². The Labute approximate surface area is 160 Å². The van der Waals surface area contributed by atoms with Gasteiger partial charge in [-0.15, -0.1) is 11.8 Å². The second-order valence-electron chi connectivity index (χ2n) is 6.41. The molecule has 1 N–H and O–H groups in total. The molecule has 1 fully saturated rings. The lowest BCUT2D eigenvalue weighted by Gasteiger charge is -2.19. The first-order valence-corrected chi connectivity index (χ1v) is 9.71. The molecule has 1 saturated heterocycles. The van der Waals surface area contributed by atoms with Crippen LogP contribution in [-0.4, -0.2) is 35.6 Å². The number of anilines is 1. The van der Waals surface area contributed by atoms with Crippen molar-refractivity contribution in [2.24, 2.45) is 0 Å². The average molecular weight is 390 g/mol. The molecule has 142 valence electrons. The number of hydrogen-bond donors (Lipinski definition) is 1. The molecule has 2 aromatic carbocycles. The van der Waals surface area contributed by atoms with Crippen LogP contribution in [0.25, 0.3) is 0 Å². The molecule has 0 radical (unpaired) electrons. The topological polar surface area (TPSA) is 49.4 Å². The van der Waals surface area contributed by atoms with Gasteiger partial charge in [-0.2, -0.15) is 0 Å². The summed E-state index contributed by atoms with van der Waals surface area (Å²) in [5, 5.41) is 2.78. The van der Waals surface area contributed by atoms with Crippen molar-refractivity contribution in [3.8, 4) is 0 Å². The lowest BCUT2D eigenvalue weighted by atomic mass is 10.0. The van der Waals surface area contributed by atoms with Crippen molar-refractivity contribution in [2.75, 3.05) is 24.2 Å². The molecule has 1 aliphatic heterocycles. The molecule has 27 heavy (non-hydrogen) atoms. The van der Waals surface area contributed by atoms with Gasteiger partial charge in [0.15, 0.2) is 11.6 Å². The molecule has 3 rings (SSSR count). The van der Waals surface area contributed by atoms with E-state index >= 15 is 0 Å². The third-order valence-electron chi connectivity index (χ3n) is 4.42. The van der Waals surface area contributed by atoms with Crippen molar-refractivity contribution >= 4 is 29.3 Å². The molecule has 0 atom stereocenters. The Kier molecular flexibility index (Phi) is 6.11. The van der Waals surface area contributed by atoms with E-state index in [2.05, 4.69) is 5.32 Å². The smallest absolute Gasteiger partial charge is 0.256 e. The van der Waals surface area contributed by atoms with Crippen LogP contribution < -0.4 is 5.32 Å². The highest BCUT2D eigenvalue weighted by atomic mass is 32.2. The van der Waals surface area contributed by atoms with Crippen LogP contribution in [0.2, 0.25) is 0 Å². The molecule has 1 aliphatic rings. The number of nitrogens with one attached hydrogen (secondary N) is 1. The summed E-state index contributed by atoms with van der Waals surface area (Å²) in [7, 11) is 0. The number of rotatable bonds is 5. The summed E-state index contributed by atoms with van der Waals surface area (Å²) in [6.07, 6.45) is 1.98. The summed E-state index contributed by atoms with van der Waals surface area (Å²) >= 11 is 1.10. The summed E-state index contributed by atoms with van der Waals surface area (Å²) < 4.78 is 26.2. The number of hydrogen-bond acceptors (Lipinski definition) is 3. The number of nitrogens with zero attached hydrogens (tertiary/aromatic N) is 1. The number of likely N-dealkylation sites (tertiary alicyclic amines) is 1. The molecule has 4 nitrogen and oxygen atoms in total. The molecule has 2 amide bonds. The summed E-state index contributed by atoms with van der Waals surface area (Å²) in [5.41, 5.74) is 1.78. The van der Waals surface area contributed by atoms with E-state index in [0.29, 0.717) is 16.1 Å². The van der Waals surface area contributed by atoms with Crippen LogP contribution in [0.1, 0.15) is 28.8 Å². The van der Waals surface area contributed by atoms with Gasteiger partial charge in [0.2, 0.25) is 5.91 Å². The highest BCUT2D eigenvalue weighted by molar-refractivity contribution is 8.00. The van der Waals surface area contributed by atoms with E-state index in [1.165, 1.54) is 6.07 Å². The standard InChI is InChI=1S/C20H20F2N2O2S/c1-13-5-4-6-17(19(13)20(26)24-9-2-3-10-24)23-18(25)12-27-14-7-8-15(21)16(22)11-14/h4-8,11H,2-3,9-10,12H2,1H3,(H,23,25).